The largest absolute Gasteiger partial charge is 0.480 e. The molecule has 0 saturated carbocycles. The number of nitrogens with zero attached hydrogens (tertiary/aromatic N) is 1. The highest BCUT2D eigenvalue weighted by Gasteiger charge is 2.13. The predicted molar refractivity (Wildman–Crippen MR) is 68.3 cm³/mol. The fourth-order valence-corrected chi connectivity index (χ4v) is 2.51. The second-order valence-electron chi connectivity index (χ2n) is 3.48. The molecule has 0 aliphatic heterocycles. The quantitative estimate of drug-likeness (QED) is 0.816. The zero-order valence-electron chi connectivity index (χ0n) is 9.60. The van der Waals surface area contributed by atoms with Crippen LogP contribution in [0, 0.1) is 6.92 Å². The SMILES string of the molecule is Cc1nc(CSCC(=O)NC(C)C(=O)O)cs1. The van der Waals surface area contributed by atoms with Crippen molar-refractivity contribution in [2.45, 2.75) is 25.6 Å². The van der Waals surface area contributed by atoms with Gasteiger partial charge in [-0.1, -0.05) is 0 Å². The van der Waals surface area contributed by atoms with Crippen molar-refractivity contribution in [1.29, 1.82) is 0 Å². The van der Waals surface area contributed by atoms with Gasteiger partial charge in [-0.05, 0) is 13.8 Å². The lowest BCUT2D eigenvalue weighted by atomic mass is 10.3. The van der Waals surface area contributed by atoms with Gasteiger partial charge < -0.3 is 10.4 Å². The van der Waals surface area contributed by atoms with Crippen LogP contribution in [0.25, 0.3) is 0 Å². The molecule has 94 valence electrons. The second-order valence-corrected chi connectivity index (χ2v) is 5.53. The molecule has 0 aliphatic carbocycles. The van der Waals surface area contributed by atoms with Crippen LogP contribution in [-0.4, -0.2) is 33.8 Å². The Hall–Kier alpha value is -1.08. The van der Waals surface area contributed by atoms with Crippen molar-refractivity contribution in [1.82, 2.24) is 10.3 Å². The highest BCUT2D eigenvalue weighted by Crippen LogP contribution is 2.14. The third-order valence-corrected chi connectivity index (χ3v) is 3.69. The number of thioether (sulfide) groups is 1. The Kier molecular flexibility index (Phi) is 5.43. The van der Waals surface area contributed by atoms with Gasteiger partial charge in [0.05, 0.1) is 16.5 Å². The number of hydrogen-bond acceptors (Lipinski definition) is 5. The highest BCUT2D eigenvalue weighted by atomic mass is 32.2. The van der Waals surface area contributed by atoms with Gasteiger partial charge in [-0.3, -0.25) is 9.59 Å². The lowest BCUT2D eigenvalue weighted by molar-refractivity contribution is -0.140. The molecule has 1 aromatic rings. The van der Waals surface area contributed by atoms with Gasteiger partial charge in [-0.15, -0.1) is 23.1 Å². The summed E-state index contributed by atoms with van der Waals surface area (Å²) in [6.07, 6.45) is 0. The van der Waals surface area contributed by atoms with E-state index in [9.17, 15) is 9.59 Å². The molecule has 0 spiro atoms. The molecule has 0 aliphatic rings. The number of aryl methyl sites for hydroxylation is 1. The van der Waals surface area contributed by atoms with E-state index in [1.165, 1.54) is 18.7 Å². The van der Waals surface area contributed by atoms with Crippen LogP contribution >= 0.6 is 23.1 Å². The number of thiazole rings is 1. The summed E-state index contributed by atoms with van der Waals surface area (Å²) in [4.78, 5) is 26.1. The molecule has 0 radical (unpaired) electrons. The van der Waals surface area contributed by atoms with Crippen molar-refractivity contribution in [3.63, 3.8) is 0 Å². The van der Waals surface area contributed by atoms with E-state index < -0.39 is 12.0 Å². The number of carbonyl (C=O) groups excluding carboxylic acids is 1. The topological polar surface area (TPSA) is 79.3 Å². The van der Waals surface area contributed by atoms with Crippen LogP contribution in [0.3, 0.4) is 0 Å². The van der Waals surface area contributed by atoms with Gasteiger partial charge in [0.2, 0.25) is 5.91 Å². The average molecular weight is 274 g/mol. The van der Waals surface area contributed by atoms with Crippen molar-refractivity contribution in [2.24, 2.45) is 0 Å². The number of rotatable bonds is 6. The zero-order chi connectivity index (χ0) is 12.8. The van der Waals surface area contributed by atoms with Gasteiger partial charge in [0, 0.05) is 11.1 Å². The molecule has 1 atom stereocenters. The second kappa shape index (κ2) is 6.61. The van der Waals surface area contributed by atoms with Crippen LogP contribution in [0.4, 0.5) is 0 Å². The fraction of sp³-hybridized carbons (Fsp3) is 0.500. The first-order valence-electron chi connectivity index (χ1n) is 5.00. The number of carboxylic acid groups (broad SMARTS) is 1. The maximum atomic E-state index is 11.3. The van der Waals surface area contributed by atoms with Gasteiger partial charge >= 0.3 is 5.97 Å². The summed E-state index contributed by atoms with van der Waals surface area (Å²) in [5.74, 6) is -0.386. The number of carbonyl (C=O) groups is 2. The molecule has 0 bridgehead atoms. The molecule has 5 nitrogen and oxygen atoms in total. The number of amides is 1. The first-order valence-corrected chi connectivity index (χ1v) is 7.03. The fourth-order valence-electron chi connectivity index (χ4n) is 1.07. The smallest absolute Gasteiger partial charge is 0.325 e. The van der Waals surface area contributed by atoms with Crippen LogP contribution in [0.1, 0.15) is 17.6 Å². The average Bonchev–Trinajstić information content (AvgIpc) is 2.64. The van der Waals surface area contributed by atoms with Crippen LogP contribution in [0.15, 0.2) is 5.38 Å². The van der Waals surface area contributed by atoms with E-state index >= 15 is 0 Å². The maximum absolute atomic E-state index is 11.3. The normalized spacial score (nSPS) is 12.1. The molecule has 17 heavy (non-hydrogen) atoms. The van der Waals surface area contributed by atoms with Gasteiger partial charge in [-0.25, -0.2) is 4.98 Å². The van der Waals surface area contributed by atoms with Crippen LogP contribution in [0.5, 0.6) is 0 Å². The molecule has 1 rings (SSSR count). The minimum atomic E-state index is -1.03. The van der Waals surface area contributed by atoms with Crippen molar-refractivity contribution in [2.75, 3.05) is 5.75 Å². The molecule has 1 amide bonds. The minimum absolute atomic E-state index is 0.244. The van der Waals surface area contributed by atoms with Crippen molar-refractivity contribution in [3.05, 3.63) is 16.1 Å². The number of aromatic nitrogens is 1. The molecular formula is C10H14N2O3S2. The van der Waals surface area contributed by atoms with Crippen molar-refractivity contribution < 1.29 is 14.7 Å². The van der Waals surface area contributed by atoms with E-state index in [1.54, 1.807) is 11.3 Å². The first kappa shape index (κ1) is 14.0. The number of nitrogens with one attached hydrogen (secondary N) is 1. The van der Waals surface area contributed by atoms with E-state index in [-0.39, 0.29) is 11.7 Å². The monoisotopic (exact) mass is 274 g/mol. The van der Waals surface area contributed by atoms with Gasteiger partial charge in [0.25, 0.3) is 0 Å². The number of aliphatic carboxylic acids is 1. The Labute approximate surface area is 108 Å². The Morgan fingerprint density at radius 3 is 2.88 bits per heavy atom. The van der Waals surface area contributed by atoms with E-state index in [0.717, 1.165) is 10.7 Å². The first-order chi connectivity index (χ1) is 7.99. The lowest BCUT2D eigenvalue weighted by Crippen LogP contribution is -2.39. The molecule has 1 unspecified atom stereocenters. The molecule has 0 aromatic carbocycles. The van der Waals surface area contributed by atoms with Gasteiger partial charge in [0.15, 0.2) is 0 Å². The predicted octanol–water partition coefficient (Wildman–Crippen LogP) is 1.27. The molecular weight excluding hydrogens is 260 g/mol. The molecule has 0 fully saturated rings. The third-order valence-electron chi connectivity index (χ3n) is 1.90. The lowest BCUT2D eigenvalue weighted by Gasteiger charge is -2.08. The number of hydrogen-bond donors (Lipinski definition) is 2. The number of carboxylic acids is 1. The van der Waals surface area contributed by atoms with Crippen molar-refractivity contribution in [3.8, 4) is 0 Å². The Bertz CT molecular complexity index is 406. The summed E-state index contributed by atoms with van der Waals surface area (Å²) in [7, 11) is 0. The zero-order valence-corrected chi connectivity index (χ0v) is 11.2. The van der Waals surface area contributed by atoms with E-state index in [2.05, 4.69) is 10.3 Å². The molecule has 2 N–H and O–H groups in total. The molecule has 1 heterocycles. The van der Waals surface area contributed by atoms with Gasteiger partial charge in [-0.2, -0.15) is 0 Å². The van der Waals surface area contributed by atoms with Crippen LogP contribution in [0.2, 0.25) is 0 Å². The summed E-state index contributed by atoms with van der Waals surface area (Å²) in [6, 6.07) is -0.843. The van der Waals surface area contributed by atoms with E-state index in [4.69, 9.17) is 5.11 Å². The van der Waals surface area contributed by atoms with Gasteiger partial charge in [0.1, 0.15) is 6.04 Å². The molecule has 0 saturated heterocycles. The summed E-state index contributed by atoms with van der Waals surface area (Å²) < 4.78 is 0. The summed E-state index contributed by atoms with van der Waals surface area (Å²) >= 11 is 3.00. The Morgan fingerprint density at radius 1 is 1.65 bits per heavy atom. The summed E-state index contributed by atoms with van der Waals surface area (Å²) in [5, 5.41) is 14.0. The third kappa shape index (κ3) is 5.18. The van der Waals surface area contributed by atoms with Crippen LogP contribution < -0.4 is 5.32 Å². The van der Waals surface area contributed by atoms with E-state index in [1.807, 2.05) is 12.3 Å². The van der Waals surface area contributed by atoms with E-state index in [0.29, 0.717) is 5.75 Å². The molecule has 7 heteroatoms. The Balaban J connectivity index is 2.22. The standard InChI is InChI=1S/C10H14N2O3S2/c1-6(10(14)15)11-9(13)5-16-3-8-4-17-7(2)12-8/h4,6H,3,5H2,1-2H3,(H,11,13)(H,14,15). The minimum Gasteiger partial charge on any atom is -0.480 e. The molecule has 1 aromatic heterocycles. The Morgan fingerprint density at radius 2 is 2.35 bits per heavy atom. The van der Waals surface area contributed by atoms with Crippen LogP contribution in [-0.2, 0) is 15.3 Å². The maximum Gasteiger partial charge on any atom is 0.325 e. The van der Waals surface area contributed by atoms with Crippen molar-refractivity contribution >= 4 is 35.0 Å². The summed E-state index contributed by atoms with van der Waals surface area (Å²) in [5.41, 5.74) is 0.955. The summed E-state index contributed by atoms with van der Waals surface area (Å²) in [6.45, 7) is 3.37. The highest BCUT2D eigenvalue weighted by molar-refractivity contribution is 7.99.